The highest BCUT2D eigenvalue weighted by Gasteiger charge is 2.29. The van der Waals surface area contributed by atoms with Crippen molar-refractivity contribution in [1.82, 2.24) is 10.0 Å². The molecule has 0 atom stereocenters. The third-order valence-corrected chi connectivity index (χ3v) is 6.65. The van der Waals surface area contributed by atoms with Crippen molar-refractivity contribution < 1.29 is 8.42 Å². The SMILES string of the molecule is CCNCc1cc(S(=O)(=O)NC(C)(CC)CC)c(C)s1. The van der Waals surface area contributed by atoms with Crippen LogP contribution in [0.1, 0.15) is 50.3 Å². The maximum absolute atomic E-state index is 12.5. The lowest BCUT2D eigenvalue weighted by Gasteiger charge is -2.27. The highest BCUT2D eigenvalue weighted by Crippen LogP contribution is 2.27. The molecule has 6 heteroatoms. The highest BCUT2D eigenvalue weighted by molar-refractivity contribution is 7.89. The lowest BCUT2D eigenvalue weighted by Crippen LogP contribution is -2.44. The molecule has 2 N–H and O–H groups in total. The molecule has 116 valence electrons. The van der Waals surface area contributed by atoms with Gasteiger partial charge in [0, 0.05) is 21.8 Å². The molecule has 0 saturated carbocycles. The predicted molar refractivity (Wildman–Crippen MR) is 85.7 cm³/mol. The van der Waals surface area contributed by atoms with Crippen LogP contribution in [0.3, 0.4) is 0 Å². The molecular formula is C14H26N2O2S2. The van der Waals surface area contributed by atoms with Crippen LogP contribution < -0.4 is 10.0 Å². The van der Waals surface area contributed by atoms with Crippen LogP contribution in [0.2, 0.25) is 0 Å². The fraction of sp³-hybridized carbons (Fsp3) is 0.714. The zero-order valence-electron chi connectivity index (χ0n) is 13.0. The maximum atomic E-state index is 12.5. The smallest absolute Gasteiger partial charge is 0.242 e. The fourth-order valence-electron chi connectivity index (χ4n) is 1.90. The van der Waals surface area contributed by atoms with Crippen LogP contribution >= 0.6 is 11.3 Å². The number of hydrogen-bond donors (Lipinski definition) is 2. The predicted octanol–water partition coefficient (Wildman–Crippen LogP) is 3.02. The third kappa shape index (κ3) is 4.28. The summed E-state index contributed by atoms with van der Waals surface area (Å²) in [7, 11) is -3.44. The molecule has 1 heterocycles. The van der Waals surface area contributed by atoms with Crippen LogP contribution in [0.4, 0.5) is 0 Å². The van der Waals surface area contributed by atoms with E-state index in [2.05, 4.69) is 10.0 Å². The molecule has 0 spiro atoms. The van der Waals surface area contributed by atoms with Crippen molar-refractivity contribution in [3.63, 3.8) is 0 Å². The van der Waals surface area contributed by atoms with Gasteiger partial charge in [-0.3, -0.25) is 0 Å². The van der Waals surface area contributed by atoms with Gasteiger partial charge in [-0.25, -0.2) is 13.1 Å². The lowest BCUT2D eigenvalue weighted by atomic mass is 9.98. The number of hydrogen-bond acceptors (Lipinski definition) is 4. The molecule has 0 amide bonds. The standard InChI is InChI=1S/C14H26N2O2S2/c1-6-14(5,7-2)16-20(17,18)13-9-12(10-15-8-3)19-11(13)4/h9,15-16H,6-8,10H2,1-5H3. The summed E-state index contributed by atoms with van der Waals surface area (Å²) in [6.45, 7) is 11.5. The van der Waals surface area contributed by atoms with Gasteiger partial charge in [0.15, 0.2) is 0 Å². The average Bonchev–Trinajstić information content (AvgIpc) is 2.78. The van der Waals surface area contributed by atoms with E-state index in [1.807, 2.05) is 34.6 Å². The van der Waals surface area contributed by atoms with Crippen molar-refractivity contribution in [2.45, 2.75) is 64.4 Å². The minimum Gasteiger partial charge on any atom is -0.312 e. The molecule has 0 aliphatic heterocycles. The Hall–Kier alpha value is -0.430. The van der Waals surface area contributed by atoms with Crippen molar-refractivity contribution in [2.24, 2.45) is 0 Å². The first-order valence-electron chi connectivity index (χ1n) is 7.12. The molecule has 0 aromatic carbocycles. The molecule has 0 radical (unpaired) electrons. The van der Waals surface area contributed by atoms with Gasteiger partial charge in [0.1, 0.15) is 0 Å². The largest absolute Gasteiger partial charge is 0.312 e. The molecule has 1 aromatic heterocycles. The van der Waals surface area contributed by atoms with E-state index in [4.69, 9.17) is 0 Å². The van der Waals surface area contributed by atoms with E-state index in [0.29, 0.717) is 4.90 Å². The van der Waals surface area contributed by atoms with E-state index < -0.39 is 10.0 Å². The Morgan fingerprint density at radius 3 is 2.35 bits per heavy atom. The van der Waals surface area contributed by atoms with Gasteiger partial charge in [0.25, 0.3) is 0 Å². The van der Waals surface area contributed by atoms with E-state index >= 15 is 0 Å². The molecule has 0 aliphatic carbocycles. The van der Waals surface area contributed by atoms with Crippen LogP contribution in [0, 0.1) is 6.92 Å². The molecule has 0 bridgehead atoms. The summed E-state index contributed by atoms with van der Waals surface area (Å²) < 4.78 is 28.0. The summed E-state index contributed by atoms with van der Waals surface area (Å²) in [5.41, 5.74) is -0.380. The Bertz CT molecular complexity index is 531. The van der Waals surface area contributed by atoms with Gasteiger partial charge in [-0.15, -0.1) is 11.3 Å². The normalized spacial score (nSPS) is 12.8. The van der Waals surface area contributed by atoms with Gasteiger partial charge in [0.2, 0.25) is 10.0 Å². The molecule has 1 aromatic rings. The van der Waals surface area contributed by atoms with Crippen molar-refractivity contribution in [3.8, 4) is 0 Å². The van der Waals surface area contributed by atoms with Gasteiger partial charge in [0.05, 0.1) is 4.90 Å². The van der Waals surface area contributed by atoms with Gasteiger partial charge < -0.3 is 5.32 Å². The lowest BCUT2D eigenvalue weighted by molar-refractivity contribution is 0.388. The van der Waals surface area contributed by atoms with E-state index in [-0.39, 0.29) is 5.54 Å². The minimum atomic E-state index is -3.44. The number of thiophene rings is 1. The summed E-state index contributed by atoms with van der Waals surface area (Å²) in [5.74, 6) is 0. The van der Waals surface area contributed by atoms with Crippen LogP contribution in [-0.4, -0.2) is 20.5 Å². The second kappa shape index (κ2) is 7.02. The van der Waals surface area contributed by atoms with E-state index in [1.165, 1.54) is 0 Å². The molecule has 0 fully saturated rings. The first-order valence-corrected chi connectivity index (χ1v) is 9.42. The Balaban J connectivity index is 3.01. The molecular weight excluding hydrogens is 292 g/mol. The highest BCUT2D eigenvalue weighted by atomic mass is 32.2. The molecule has 1 rings (SSSR count). The summed E-state index contributed by atoms with van der Waals surface area (Å²) in [4.78, 5) is 2.32. The average molecular weight is 319 g/mol. The summed E-state index contributed by atoms with van der Waals surface area (Å²) >= 11 is 1.54. The van der Waals surface area contributed by atoms with Gasteiger partial charge in [-0.05, 0) is 39.3 Å². The molecule has 0 unspecified atom stereocenters. The van der Waals surface area contributed by atoms with Gasteiger partial charge >= 0.3 is 0 Å². The van der Waals surface area contributed by atoms with Crippen molar-refractivity contribution in [2.75, 3.05) is 6.54 Å². The Morgan fingerprint density at radius 2 is 1.85 bits per heavy atom. The number of rotatable bonds is 8. The second-order valence-electron chi connectivity index (χ2n) is 5.29. The number of sulfonamides is 1. The van der Waals surface area contributed by atoms with Crippen molar-refractivity contribution in [3.05, 3.63) is 15.8 Å². The Morgan fingerprint density at radius 1 is 1.25 bits per heavy atom. The third-order valence-electron chi connectivity index (χ3n) is 3.70. The summed E-state index contributed by atoms with van der Waals surface area (Å²) in [6.07, 6.45) is 1.55. The molecule has 20 heavy (non-hydrogen) atoms. The molecule has 0 saturated heterocycles. The topological polar surface area (TPSA) is 58.2 Å². The summed E-state index contributed by atoms with van der Waals surface area (Å²) in [6, 6.07) is 1.79. The summed E-state index contributed by atoms with van der Waals surface area (Å²) in [5, 5.41) is 3.22. The second-order valence-corrected chi connectivity index (χ2v) is 8.28. The maximum Gasteiger partial charge on any atom is 0.242 e. The van der Waals surface area contributed by atoms with Gasteiger partial charge in [-0.1, -0.05) is 20.8 Å². The minimum absolute atomic E-state index is 0.380. The first kappa shape index (κ1) is 17.6. The van der Waals surface area contributed by atoms with Gasteiger partial charge in [-0.2, -0.15) is 0 Å². The van der Waals surface area contributed by atoms with E-state index in [9.17, 15) is 8.42 Å². The van der Waals surface area contributed by atoms with Crippen LogP contribution in [0.25, 0.3) is 0 Å². The molecule has 4 nitrogen and oxygen atoms in total. The Labute approximate surface area is 127 Å². The van der Waals surface area contributed by atoms with Crippen LogP contribution in [0.15, 0.2) is 11.0 Å². The molecule has 0 aliphatic rings. The zero-order valence-corrected chi connectivity index (χ0v) is 14.7. The first-order chi connectivity index (χ1) is 9.28. The quantitative estimate of drug-likeness (QED) is 0.774. The fourth-order valence-corrected chi connectivity index (χ4v) is 5.06. The number of aryl methyl sites for hydroxylation is 1. The van der Waals surface area contributed by atoms with E-state index in [1.54, 1.807) is 17.4 Å². The number of nitrogens with one attached hydrogen (secondary N) is 2. The van der Waals surface area contributed by atoms with Crippen LogP contribution in [-0.2, 0) is 16.6 Å². The zero-order chi connectivity index (χ0) is 15.4. The van der Waals surface area contributed by atoms with E-state index in [0.717, 1.165) is 35.7 Å². The van der Waals surface area contributed by atoms with Crippen molar-refractivity contribution in [1.29, 1.82) is 0 Å². The van der Waals surface area contributed by atoms with Crippen molar-refractivity contribution >= 4 is 21.4 Å². The Kier molecular flexibility index (Phi) is 6.19. The monoisotopic (exact) mass is 318 g/mol. The van der Waals surface area contributed by atoms with Crippen LogP contribution in [0.5, 0.6) is 0 Å².